The Labute approximate surface area is 119 Å². The van der Waals surface area contributed by atoms with E-state index in [2.05, 4.69) is 52.1 Å². The Kier molecular flexibility index (Phi) is 5.36. The van der Waals surface area contributed by atoms with E-state index >= 15 is 0 Å². The quantitative estimate of drug-likeness (QED) is 0.786. The predicted octanol–water partition coefficient (Wildman–Crippen LogP) is 3.28. The summed E-state index contributed by atoms with van der Waals surface area (Å²) in [7, 11) is 2.12. The normalized spacial score (nSPS) is 10.6. The van der Waals surface area contributed by atoms with Crippen LogP contribution in [0.4, 0.5) is 5.69 Å². The lowest BCUT2D eigenvalue weighted by atomic mass is 10.2. The third kappa shape index (κ3) is 4.04. The first-order chi connectivity index (χ1) is 9.31. The van der Waals surface area contributed by atoms with Crippen LogP contribution in [-0.4, -0.2) is 18.6 Å². The summed E-state index contributed by atoms with van der Waals surface area (Å²) in [4.78, 5) is 6.52. The van der Waals surface area contributed by atoms with E-state index in [4.69, 9.17) is 0 Å². The molecule has 0 saturated heterocycles. The molecule has 0 amide bonds. The van der Waals surface area contributed by atoms with Crippen LogP contribution >= 0.6 is 11.3 Å². The van der Waals surface area contributed by atoms with Crippen molar-refractivity contribution in [3.8, 4) is 0 Å². The molecule has 2 heterocycles. The van der Waals surface area contributed by atoms with Gasteiger partial charge in [-0.25, -0.2) is 0 Å². The highest BCUT2D eigenvalue weighted by Crippen LogP contribution is 2.20. The fourth-order valence-electron chi connectivity index (χ4n) is 2.05. The van der Waals surface area contributed by atoms with Gasteiger partial charge in [0.25, 0.3) is 0 Å². The van der Waals surface area contributed by atoms with E-state index in [9.17, 15) is 0 Å². The van der Waals surface area contributed by atoms with Crippen molar-refractivity contribution in [2.24, 2.45) is 0 Å². The molecule has 0 aliphatic carbocycles. The van der Waals surface area contributed by atoms with Crippen LogP contribution in [0.2, 0.25) is 0 Å². The zero-order chi connectivity index (χ0) is 13.5. The van der Waals surface area contributed by atoms with E-state index in [0.29, 0.717) is 0 Å². The predicted molar refractivity (Wildman–Crippen MR) is 82.7 cm³/mol. The highest BCUT2D eigenvalue weighted by molar-refractivity contribution is 7.07. The summed E-state index contributed by atoms with van der Waals surface area (Å²) >= 11 is 1.74. The lowest BCUT2D eigenvalue weighted by Gasteiger charge is -2.21. The van der Waals surface area contributed by atoms with Gasteiger partial charge >= 0.3 is 0 Å². The molecule has 0 bridgehead atoms. The van der Waals surface area contributed by atoms with Crippen molar-refractivity contribution in [2.75, 3.05) is 18.5 Å². The van der Waals surface area contributed by atoms with E-state index in [1.54, 1.807) is 11.3 Å². The minimum atomic E-state index is 0.902. The van der Waals surface area contributed by atoms with Crippen LogP contribution in [0.15, 0.2) is 35.3 Å². The van der Waals surface area contributed by atoms with Crippen molar-refractivity contribution in [1.29, 1.82) is 0 Å². The van der Waals surface area contributed by atoms with Gasteiger partial charge in [0.05, 0.1) is 11.9 Å². The minimum Gasteiger partial charge on any atom is -0.369 e. The van der Waals surface area contributed by atoms with E-state index in [0.717, 1.165) is 26.1 Å². The van der Waals surface area contributed by atoms with Gasteiger partial charge in [0, 0.05) is 26.3 Å². The number of rotatable bonds is 7. The topological polar surface area (TPSA) is 28.2 Å². The maximum atomic E-state index is 4.26. The third-order valence-corrected chi connectivity index (χ3v) is 3.77. The van der Waals surface area contributed by atoms with Crippen molar-refractivity contribution in [3.05, 3.63) is 46.4 Å². The molecule has 0 saturated carbocycles. The standard InChI is InChI=1S/C15H21N3S/c1-3-6-16-9-14-4-7-17-10-15(14)18(2)11-13-5-8-19-12-13/h4-5,7-8,10,12,16H,3,6,9,11H2,1-2H3. The SMILES string of the molecule is CCCNCc1ccncc1N(C)Cc1ccsc1. The Morgan fingerprint density at radius 3 is 3.00 bits per heavy atom. The number of hydrogen-bond donors (Lipinski definition) is 1. The summed E-state index contributed by atoms with van der Waals surface area (Å²) in [6.07, 6.45) is 4.98. The maximum absolute atomic E-state index is 4.26. The number of pyridine rings is 1. The molecular weight excluding hydrogens is 254 g/mol. The Morgan fingerprint density at radius 1 is 1.37 bits per heavy atom. The Bertz CT molecular complexity index is 482. The van der Waals surface area contributed by atoms with Gasteiger partial charge < -0.3 is 10.2 Å². The summed E-state index contributed by atoms with van der Waals surface area (Å²) in [5.74, 6) is 0. The molecule has 0 spiro atoms. The van der Waals surface area contributed by atoms with Crippen molar-refractivity contribution >= 4 is 17.0 Å². The van der Waals surface area contributed by atoms with Crippen molar-refractivity contribution < 1.29 is 0 Å². The molecule has 0 unspecified atom stereocenters. The number of thiophene rings is 1. The summed E-state index contributed by atoms with van der Waals surface area (Å²) in [5, 5.41) is 7.77. The third-order valence-electron chi connectivity index (χ3n) is 3.04. The lowest BCUT2D eigenvalue weighted by molar-refractivity contribution is 0.673. The van der Waals surface area contributed by atoms with Crippen LogP contribution < -0.4 is 10.2 Å². The van der Waals surface area contributed by atoms with E-state index in [1.165, 1.54) is 16.8 Å². The first kappa shape index (κ1) is 14.0. The molecule has 102 valence electrons. The molecule has 0 aromatic carbocycles. The molecule has 2 aromatic heterocycles. The molecule has 1 N–H and O–H groups in total. The van der Waals surface area contributed by atoms with Gasteiger partial charge in [-0.05, 0) is 47.0 Å². The smallest absolute Gasteiger partial charge is 0.0598 e. The zero-order valence-electron chi connectivity index (χ0n) is 11.6. The number of aromatic nitrogens is 1. The van der Waals surface area contributed by atoms with Gasteiger partial charge in [-0.1, -0.05) is 6.92 Å². The van der Waals surface area contributed by atoms with Gasteiger partial charge in [0.2, 0.25) is 0 Å². The monoisotopic (exact) mass is 275 g/mol. The van der Waals surface area contributed by atoms with Crippen LogP contribution in [0.1, 0.15) is 24.5 Å². The minimum absolute atomic E-state index is 0.902. The fourth-order valence-corrected chi connectivity index (χ4v) is 2.71. The summed E-state index contributed by atoms with van der Waals surface area (Å²) in [5.41, 5.74) is 3.86. The number of nitrogens with one attached hydrogen (secondary N) is 1. The molecule has 4 heteroatoms. The molecule has 0 radical (unpaired) electrons. The summed E-state index contributed by atoms with van der Waals surface area (Å²) in [6, 6.07) is 4.27. The van der Waals surface area contributed by atoms with Crippen LogP contribution in [-0.2, 0) is 13.1 Å². The first-order valence-corrected chi connectivity index (χ1v) is 7.61. The molecule has 19 heavy (non-hydrogen) atoms. The number of hydrogen-bond acceptors (Lipinski definition) is 4. The molecule has 3 nitrogen and oxygen atoms in total. The molecule has 0 aliphatic rings. The highest BCUT2D eigenvalue weighted by atomic mass is 32.1. The van der Waals surface area contributed by atoms with Crippen molar-refractivity contribution in [3.63, 3.8) is 0 Å². The second-order valence-electron chi connectivity index (χ2n) is 4.67. The Morgan fingerprint density at radius 2 is 2.26 bits per heavy atom. The lowest BCUT2D eigenvalue weighted by Crippen LogP contribution is -2.21. The van der Waals surface area contributed by atoms with Crippen LogP contribution in [0.25, 0.3) is 0 Å². The molecule has 0 fully saturated rings. The molecule has 2 rings (SSSR count). The Balaban J connectivity index is 2.05. The summed E-state index contributed by atoms with van der Waals surface area (Å²) < 4.78 is 0. The van der Waals surface area contributed by atoms with E-state index in [-0.39, 0.29) is 0 Å². The van der Waals surface area contributed by atoms with Gasteiger partial charge in [-0.15, -0.1) is 0 Å². The van der Waals surface area contributed by atoms with Crippen LogP contribution in [0, 0.1) is 0 Å². The number of nitrogens with zero attached hydrogens (tertiary/aromatic N) is 2. The van der Waals surface area contributed by atoms with Crippen molar-refractivity contribution in [2.45, 2.75) is 26.4 Å². The zero-order valence-corrected chi connectivity index (χ0v) is 12.4. The molecule has 2 aromatic rings. The second-order valence-corrected chi connectivity index (χ2v) is 5.45. The maximum Gasteiger partial charge on any atom is 0.0598 e. The highest BCUT2D eigenvalue weighted by Gasteiger charge is 2.08. The van der Waals surface area contributed by atoms with Crippen LogP contribution in [0.3, 0.4) is 0 Å². The largest absolute Gasteiger partial charge is 0.369 e. The van der Waals surface area contributed by atoms with E-state index < -0.39 is 0 Å². The average Bonchev–Trinajstić information content (AvgIpc) is 2.92. The van der Waals surface area contributed by atoms with Gasteiger partial charge in [0.1, 0.15) is 0 Å². The van der Waals surface area contributed by atoms with Gasteiger partial charge in [0.15, 0.2) is 0 Å². The second kappa shape index (κ2) is 7.26. The van der Waals surface area contributed by atoms with Gasteiger partial charge in [-0.2, -0.15) is 11.3 Å². The van der Waals surface area contributed by atoms with Gasteiger partial charge in [-0.3, -0.25) is 4.98 Å². The summed E-state index contributed by atoms with van der Waals surface area (Å²) in [6.45, 7) is 5.06. The molecular formula is C15H21N3S. The molecule has 0 aliphatic heterocycles. The molecule has 0 atom stereocenters. The first-order valence-electron chi connectivity index (χ1n) is 6.67. The fraction of sp³-hybridized carbons (Fsp3) is 0.400. The van der Waals surface area contributed by atoms with Crippen LogP contribution in [0.5, 0.6) is 0 Å². The number of anilines is 1. The van der Waals surface area contributed by atoms with E-state index in [1.807, 2.05) is 12.4 Å². The van der Waals surface area contributed by atoms with Crippen molar-refractivity contribution in [1.82, 2.24) is 10.3 Å². The Hall–Kier alpha value is -1.39. The average molecular weight is 275 g/mol.